The Morgan fingerprint density at radius 1 is 1.00 bits per heavy atom. The third-order valence-electron chi connectivity index (χ3n) is 4.53. The normalized spacial score (nSPS) is 19.0. The summed E-state index contributed by atoms with van der Waals surface area (Å²) in [5.41, 5.74) is 0.979. The highest BCUT2D eigenvalue weighted by Gasteiger charge is 2.45. The molecule has 0 spiro atoms. The third-order valence-corrected chi connectivity index (χ3v) is 5.67. The number of aliphatic carboxylic acids is 1. The van der Waals surface area contributed by atoms with E-state index in [0.29, 0.717) is 5.69 Å². The topological polar surface area (TPSA) is 95.0 Å². The van der Waals surface area contributed by atoms with Crippen molar-refractivity contribution in [2.45, 2.75) is 10.9 Å². The van der Waals surface area contributed by atoms with Gasteiger partial charge in [0.2, 0.25) is 0 Å². The van der Waals surface area contributed by atoms with Gasteiger partial charge in [-0.1, -0.05) is 24.3 Å². The number of amides is 3. The lowest BCUT2D eigenvalue weighted by Crippen LogP contribution is -2.52. The van der Waals surface area contributed by atoms with Crippen molar-refractivity contribution >= 4 is 41.1 Å². The number of benzene rings is 2. The molecule has 2 aliphatic rings. The molecule has 27 heavy (non-hydrogen) atoms. The lowest BCUT2D eigenvalue weighted by molar-refractivity contribution is -0.137. The van der Waals surface area contributed by atoms with Crippen LogP contribution >= 0.6 is 11.8 Å². The molecule has 1 N–H and O–H groups in total. The van der Waals surface area contributed by atoms with Gasteiger partial charge in [-0.25, -0.2) is 0 Å². The van der Waals surface area contributed by atoms with Crippen molar-refractivity contribution in [1.82, 2.24) is 4.90 Å². The van der Waals surface area contributed by atoms with Gasteiger partial charge < -0.3 is 5.11 Å². The van der Waals surface area contributed by atoms with Crippen LogP contribution in [0.5, 0.6) is 0 Å². The number of para-hydroxylation sites is 1. The van der Waals surface area contributed by atoms with Crippen molar-refractivity contribution in [3.8, 4) is 0 Å². The van der Waals surface area contributed by atoms with E-state index in [2.05, 4.69) is 0 Å². The maximum atomic E-state index is 13.2. The molecule has 0 bridgehead atoms. The van der Waals surface area contributed by atoms with E-state index in [1.807, 2.05) is 0 Å². The highest BCUT2D eigenvalue weighted by Crippen LogP contribution is 2.37. The fraction of sp³-hybridized carbons (Fsp3) is 0.158. The molecule has 136 valence electrons. The molecule has 2 aliphatic heterocycles. The van der Waals surface area contributed by atoms with Crippen molar-refractivity contribution in [2.24, 2.45) is 0 Å². The molecule has 2 aromatic carbocycles. The van der Waals surface area contributed by atoms with Crippen LogP contribution in [0.25, 0.3) is 0 Å². The number of nitrogens with zero attached hydrogens (tertiary/aromatic N) is 2. The van der Waals surface area contributed by atoms with Gasteiger partial charge in [-0.2, -0.15) is 0 Å². The smallest absolute Gasteiger partial charge is 0.323 e. The molecule has 0 aliphatic carbocycles. The third kappa shape index (κ3) is 2.78. The highest BCUT2D eigenvalue weighted by atomic mass is 32.2. The summed E-state index contributed by atoms with van der Waals surface area (Å²) in [7, 11) is 0. The Labute approximate surface area is 158 Å². The summed E-state index contributed by atoms with van der Waals surface area (Å²) < 4.78 is 0. The van der Waals surface area contributed by atoms with Gasteiger partial charge in [-0.3, -0.25) is 29.0 Å². The molecule has 0 fully saturated rings. The minimum absolute atomic E-state index is 0.164. The number of carboxylic acids is 1. The maximum absolute atomic E-state index is 13.2. The zero-order valence-corrected chi connectivity index (χ0v) is 14.8. The first kappa shape index (κ1) is 17.3. The van der Waals surface area contributed by atoms with Crippen molar-refractivity contribution < 1.29 is 24.3 Å². The van der Waals surface area contributed by atoms with Gasteiger partial charge in [0.15, 0.2) is 0 Å². The van der Waals surface area contributed by atoms with E-state index in [0.717, 1.165) is 14.7 Å². The van der Waals surface area contributed by atoms with Crippen LogP contribution < -0.4 is 4.90 Å². The average Bonchev–Trinajstić information content (AvgIpc) is 2.83. The van der Waals surface area contributed by atoms with Gasteiger partial charge in [0, 0.05) is 10.6 Å². The van der Waals surface area contributed by atoms with Crippen molar-refractivity contribution in [2.75, 3.05) is 17.2 Å². The maximum Gasteiger partial charge on any atom is 0.323 e. The molecule has 2 aromatic rings. The fourth-order valence-corrected chi connectivity index (χ4v) is 4.45. The largest absolute Gasteiger partial charge is 0.480 e. The van der Waals surface area contributed by atoms with E-state index in [1.165, 1.54) is 11.8 Å². The van der Waals surface area contributed by atoms with Crippen LogP contribution in [0.15, 0.2) is 53.4 Å². The summed E-state index contributed by atoms with van der Waals surface area (Å²) in [6.45, 7) is -0.546. The summed E-state index contributed by atoms with van der Waals surface area (Å²) in [6.07, 6.45) is 0. The molecular weight excluding hydrogens is 368 g/mol. The Morgan fingerprint density at radius 3 is 2.22 bits per heavy atom. The molecule has 0 radical (unpaired) electrons. The lowest BCUT2D eigenvalue weighted by atomic mass is 10.1. The standard InChI is InChI=1S/C19H14N2O5S/c22-16(23)9-20-13-7-3-4-8-15(13)27-10-14(19(20)26)21-17(24)11-5-1-2-6-12(11)18(21)25/h1-8,14H,9-10H2,(H,22,23)/t14-/m0/s1. The first-order chi connectivity index (χ1) is 13.0. The number of carbonyl (C=O) groups is 4. The minimum Gasteiger partial charge on any atom is -0.480 e. The number of rotatable bonds is 3. The van der Waals surface area contributed by atoms with Gasteiger partial charge in [0.1, 0.15) is 12.6 Å². The van der Waals surface area contributed by atoms with E-state index in [9.17, 15) is 24.3 Å². The predicted molar refractivity (Wildman–Crippen MR) is 97.9 cm³/mol. The number of fused-ring (bicyclic) bond motifs is 2. The summed E-state index contributed by atoms with van der Waals surface area (Å²) in [5, 5.41) is 9.25. The van der Waals surface area contributed by atoms with Crippen LogP contribution in [0.4, 0.5) is 5.69 Å². The molecule has 0 saturated heterocycles. The van der Waals surface area contributed by atoms with Crippen LogP contribution in [0.1, 0.15) is 20.7 Å². The number of imide groups is 1. The first-order valence-electron chi connectivity index (χ1n) is 8.21. The number of hydrogen-bond acceptors (Lipinski definition) is 5. The van der Waals surface area contributed by atoms with Gasteiger partial charge in [0.05, 0.1) is 16.8 Å². The second kappa shape index (κ2) is 6.55. The average molecular weight is 382 g/mol. The summed E-state index contributed by atoms with van der Waals surface area (Å²) in [6, 6.07) is 12.3. The van der Waals surface area contributed by atoms with Gasteiger partial charge in [0.25, 0.3) is 17.7 Å². The van der Waals surface area contributed by atoms with E-state index in [4.69, 9.17) is 0 Å². The predicted octanol–water partition coefficient (Wildman–Crippen LogP) is 1.87. The Bertz CT molecular complexity index is 955. The van der Waals surface area contributed by atoms with Gasteiger partial charge in [-0.15, -0.1) is 11.8 Å². The van der Waals surface area contributed by atoms with Crippen LogP contribution in [-0.2, 0) is 9.59 Å². The van der Waals surface area contributed by atoms with Crippen LogP contribution in [0.2, 0.25) is 0 Å². The van der Waals surface area contributed by atoms with Crippen LogP contribution in [0, 0.1) is 0 Å². The van der Waals surface area contributed by atoms with Gasteiger partial charge in [-0.05, 0) is 24.3 Å². The molecule has 2 heterocycles. The molecule has 7 nitrogen and oxygen atoms in total. The second-order valence-electron chi connectivity index (χ2n) is 6.14. The minimum atomic E-state index is -1.17. The lowest BCUT2D eigenvalue weighted by Gasteiger charge is -2.28. The summed E-state index contributed by atoms with van der Waals surface area (Å²) in [5.74, 6) is -2.65. The molecular formula is C19H14N2O5S. The monoisotopic (exact) mass is 382 g/mol. The van der Waals surface area contributed by atoms with Crippen molar-refractivity contribution in [1.29, 1.82) is 0 Å². The Hall–Kier alpha value is -3.13. The molecule has 8 heteroatoms. The van der Waals surface area contributed by atoms with E-state index < -0.39 is 36.3 Å². The Kier molecular flexibility index (Phi) is 4.19. The van der Waals surface area contributed by atoms with Crippen molar-refractivity contribution in [3.05, 3.63) is 59.7 Å². The highest BCUT2D eigenvalue weighted by molar-refractivity contribution is 7.99. The number of hydrogen-bond donors (Lipinski definition) is 1. The quantitative estimate of drug-likeness (QED) is 0.815. The van der Waals surface area contributed by atoms with Crippen LogP contribution in [0.3, 0.4) is 0 Å². The second-order valence-corrected chi connectivity index (χ2v) is 7.20. The summed E-state index contributed by atoms with van der Waals surface area (Å²) >= 11 is 1.32. The zero-order chi connectivity index (χ0) is 19.1. The molecule has 1 atom stereocenters. The number of carbonyl (C=O) groups excluding carboxylic acids is 3. The number of carboxylic acid groups (broad SMARTS) is 1. The van der Waals surface area contributed by atoms with Crippen LogP contribution in [-0.4, -0.2) is 52.0 Å². The Balaban J connectivity index is 1.75. The molecule has 3 amide bonds. The fourth-order valence-electron chi connectivity index (χ4n) is 3.32. The number of anilines is 1. The van der Waals surface area contributed by atoms with Gasteiger partial charge >= 0.3 is 5.97 Å². The molecule has 4 rings (SSSR count). The van der Waals surface area contributed by atoms with Crippen molar-refractivity contribution in [3.63, 3.8) is 0 Å². The SMILES string of the molecule is O=C(O)CN1C(=O)[C@@H](N2C(=O)c3ccccc3C2=O)CSc2ccccc21. The van der Waals surface area contributed by atoms with E-state index >= 15 is 0 Å². The van der Waals surface area contributed by atoms with E-state index in [1.54, 1.807) is 48.5 Å². The molecule has 0 saturated carbocycles. The summed E-state index contributed by atoms with van der Waals surface area (Å²) in [4.78, 5) is 52.9. The Morgan fingerprint density at radius 2 is 1.59 bits per heavy atom. The molecule has 0 unspecified atom stereocenters. The van der Waals surface area contributed by atoms with E-state index in [-0.39, 0.29) is 16.9 Å². The molecule has 0 aromatic heterocycles. The zero-order valence-electron chi connectivity index (χ0n) is 14.0. The number of thioether (sulfide) groups is 1. The first-order valence-corrected chi connectivity index (χ1v) is 9.19.